The summed E-state index contributed by atoms with van der Waals surface area (Å²) >= 11 is 0. The molecule has 0 saturated carbocycles. The van der Waals surface area contributed by atoms with E-state index in [2.05, 4.69) is 5.32 Å². The highest BCUT2D eigenvalue weighted by atomic mass is 16.2. The monoisotopic (exact) mass is 266 g/mol. The topological polar surface area (TPSA) is 49.4 Å². The molecule has 108 valence electrons. The van der Waals surface area contributed by atoms with Crippen LogP contribution in [0.1, 0.15) is 53.4 Å². The Balaban J connectivity index is 2.98. The lowest BCUT2D eigenvalue weighted by Gasteiger charge is -2.45. The summed E-state index contributed by atoms with van der Waals surface area (Å²) in [6, 6.07) is -0.316. The molecule has 1 heterocycles. The summed E-state index contributed by atoms with van der Waals surface area (Å²) in [6.07, 6.45) is 6.76. The number of hydrogen-bond donors (Lipinski definition) is 1. The number of nitrogens with one attached hydrogen (secondary N) is 1. The van der Waals surface area contributed by atoms with Crippen LogP contribution in [-0.4, -0.2) is 34.8 Å². The molecule has 2 amide bonds. The van der Waals surface area contributed by atoms with E-state index in [9.17, 15) is 9.59 Å². The molecular weight excluding hydrogens is 240 g/mol. The number of carbonyl (C=O) groups is 2. The summed E-state index contributed by atoms with van der Waals surface area (Å²) < 4.78 is 0. The standard InChI is InChI=1S/C15H26N2O2/c1-5-9-10-11-17-12(6-2)13(18)16-15(7-3,8-4)14(17)19/h5,9,12H,6-8,10-11H2,1-4H3,(H,16,18)/b9-5+. The molecule has 1 rings (SSSR count). The highest BCUT2D eigenvalue weighted by molar-refractivity contribution is 5.99. The fourth-order valence-electron chi connectivity index (χ4n) is 2.70. The van der Waals surface area contributed by atoms with Gasteiger partial charge in [-0.25, -0.2) is 0 Å². The highest BCUT2D eigenvalue weighted by Crippen LogP contribution is 2.26. The summed E-state index contributed by atoms with van der Waals surface area (Å²) in [6.45, 7) is 8.45. The van der Waals surface area contributed by atoms with E-state index in [0.717, 1.165) is 6.42 Å². The van der Waals surface area contributed by atoms with Gasteiger partial charge in [0.15, 0.2) is 0 Å². The van der Waals surface area contributed by atoms with Gasteiger partial charge in [0, 0.05) is 6.54 Å². The molecule has 0 radical (unpaired) electrons. The minimum absolute atomic E-state index is 0.00808. The third kappa shape index (κ3) is 2.99. The van der Waals surface area contributed by atoms with Crippen molar-refractivity contribution in [2.45, 2.75) is 65.0 Å². The lowest BCUT2D eigenvalue weighted by molar-refractivity contribution is -0.155. The van der Waals surface area contributed by atoms with E-state index in [1.807, 2.05) is 39.8 Å². The van der Waals surface area contributed by atoms with Crippen molar-refractivity contribution in [3.63, 3.8) is 0 Å². The van der Waals surface area contributed by atoms with Crippen LogP contribution in [0.3, 0.4) is 0 Å². The number of amides is 2. The second kappa shape index (κ2) is 6.73. The average Bonchev–Trinajstić information content (AvgIpc) is 2.42. The van der Waals surface area contributed by atoms with Gasteiger partial charge in [0.1, 0.15) is 11.6 Å². The predicted molar refractivity (Wildman–Crippen MR) is 76.7 cm³/mol. The van der Waals surface area contributed by atoms with Gasteiger partial charge in [-0.2, -0.15) is 0 Å². The zero-order valence-electron chi connectivity index (χ0n) is 12.5. The van der Waals surface area contributed by atoms with E-state index >= 15 is 0 Å². The molecule has 19 heavy (non-hydrogen) atoms. The maximum Gasteiger partial charge on any atom is 0.248 e. The second-order valence-corrected chi connectivity index (χ2v) is 5.06. The Bertz CT molecular complexity index is 359. The van der Waals surface area contributed by atoms with Crippen molar-refractivity contribution in [2.75, 3.05) is 6.54 Å². The largest absolute Gasteiger partial charge is 0.340 e. The molecule has 1 aliphatic rings. The highest BCUT2D eigenvalue weighted by Gasteiger charge is 2.47. The Morgan fingerprint density at radius 2 is 1.89 bits per heavy atom. The first-order chi connectivity index (χ1) is 9.06. The van der Waals surface area contributed by atoms with Crippen molar-refractivity contribution in [2.24, 2.45) is 0 Å². The molecule has 1 aliphatic heterocycles. The van der Waals surface area contributed by atoms with Crippen LogP contribution in [0.2, 0.25) is 0 Å². The number of hydrogen-bond acceptors (Lipinski definition) is 2. The van der Waals surface area contributed by atoms with Gasteiger partial charge in [0.05, 0.1) is 0 Å². The Morgan fingerprint density at radius 3 is 2.37 bits per heavy atom. The molecule has 0 aromatic heterocycles. The number of rotatable bonds is 6. The van der Waals surface area contributed by atoms with E-state index in [1.165, 1.54) is 0 Å². The van der Waals surface area contributed by atoms with Crippen molar-refractivity contribution in [3.05, 3.63) is 12.2 Å². The SMILES string of the molecule is C/C=C/CCN1C(=O)C(CC)(CC)NC(=O)C1CC. The number of nitrogens with zero attached hydrogens (tertiary/aromatic N) is 1. The molecule has 0 spiro atoms. The zero-order valence-corrected chi connectivity index (χ0v) is 12.5. The second-order valence-electron chi connectivity index (χ2n) is 5.06. The van der Waals surface area contributed by atoms with E-state index in [4.69, 9.17) is 0 Å². The molecule has 0 aromatic carbocycles. The molecule has 1 N–H and O–H groups in total. The summed E-state index contributed by atoms with van der Waals surface area (Å²) in [5.41, 5.74) is -0.696. The van der Waals surface area contributed by atoms with E-state index < -0.39 is 5.54 Å². The van der Waals surface area contributed by atoms with Crippen LogP contribution in [0.4, 0.5) is 0 Å². The molecule has 1 saturated heterocycles. The number of piperazine rings is 1. The van der Waals surface area contributed by atoms with E-state index in [-0.39, 0.29) is 17.9 Å². The van der Waals surface area contributed by atoms with Gasteiger partial charge in [-0.1, -0.05) is 32.9 Å². The lowest BCUT2D eigenvalue weighted by Crippen LogP contribution is -2.69. The van der Waals surface area contributed by atoms with Gasteiger partial charge < -0.3 is 10.2 Å². The quantitative estimate of drug-likeness (QED) is 0.750. The molecule has 1 atom stereocenters. The van der Waals surface area contributed by atoms with Crippen molar-refractivity contribution < 1.29 is 9.59 Å². The third-order valence-corrected chi connectivity index (χ3v) is 4.08. The molecule has 1 unspecified atom stereocenters. The summed E-state index contributed by atoms with van der Waals surface area (Å²) in [5, 5.41) is 2.95. The van der Waals surface area contributed by atoms with Gasteiger partial charge in [-0.05, 0) is 32.6 Å². The molecule has 0 bridgehead atoms. The molecule has 1 fully saturated rings. The maximum absolute atomic E-state index is 12.7. The Hall–Kier alpha value is -1.32. The van der Waals surface area contributed by atoms with Crippen LogP contribution in [0, 0.1) is 0 Å². The van der Waals surface area contributed by atoms with Crippen LogP contribution in [0.15, 0.2) is 12.2 Å². The Labute approximate surface area is 116 Å². The van der Waals surface area contributed by atoms with Gasteiger partial charge in [0.25, 0.3) is 0 Å². The number of carbonyl (C=O) groups excluding carboxylic acids is 2. The van der Waals surface area contributed by atoms with Crippen LogP contribution >= 0.6 is 0 Å². The number of allylic oxidation sites excluding steroid dienone is 1. The van der Waals surface area contributed by atoms with Crippen molar-refractivity contribution in [1.82, 2.24) is 10.2 Å². The van der Waals surface area contributed by atoms with Crippen LogP contribution in [0.5, 0.6) is 0 Å². The van der Waals surface area contributed by atoms with Crippen molar-refractivity contribution >= 4 is 11.8 Å². The zero-order chi connectivity index (χ0) is 14.5. The lowest BCUT2D eigenvalue weighted by atomic mass is 9.86. The predicted octanol–water partition coefficient (Wildman–Crippen LogP) is 2.25. The van der Waals surface area contributed by atoms with E-state index in [1.54, 1.807) is 4.90 Å². The fourth-order valence-corrected chi connectivity index (χ4v) is 2.70. The summed E-state index contributed by atoms with van der Waals surface area (Å²) in [4.78, 5) is 26.7. The van der Waals surface area contributed by atoms with Gasteiger partial charge in [0.2, 0.25) is 11.8 Å². The first-order valence-corrected chi connectivity index (χ1v) is 7.30. The Morgan fingerprint density at radius 1 is 1.26 bits per heavy atom. The fraction of sp³-hybridized carbons (Fsp3) is 0.733. The minimum atomic E-state index is -0.696. The van der Waals surface area contributed by atoms with E-state index in [0.29, 0.717) is 25.8 Å². The van der Waals surface area contributed by atoms with Gasteiger partial charge >= 0.3 is 0 Å². The third-order valence-electron chi connectivity index (χ3n) is 4.08. The average molecular weight is 266 g/mol. The molecule has 4 nitrogen and oxygen atoms in total. The van der Waals surface area contributed by atoms with Crippen molar-refractivity contribution in [3.8, 4) is 0 Å². The first-order valence-electron chi connectivity index (χ1n) is 7.30. The minimum Gasteiger partial charge on any atom is -0.340 e. The first kappa shape index (κ1) is 15.7. The van der Waals surface area contributed by atoms with Gasteiger partial charge in [-0.3, -0.25) is 9.59 Å². The van der Waals surface area contributed by atoms with Crippen molar-refractivity contribution in [1.29, 1.82) is 0 Å². The van der Waals surface area contributed by atoms with Gasteiger partial charge in [-0.15, -0.1) is 0 Å². The summed E-state index contributed by atoms with van der Waals surface area (Å²) in [7, 11) is 0. The van der Waals surface area contributed by atoms with Crippen LogP contribution in [-0.2, 0) is 9.59 Å². The smallest absolute Gasteiger partial charge is 0.248 e. The maximum atomic E-state index is 12.7. The molecule has 0 aliphatic carbocycles. The molecule has 0 aromatic rings. The molecule has 4 heteroatoms. The van der Waals surface area contributed by atoms with Crippen LogP contribution in [0.25, 0.3) is 0 Å². The van der Waals surface area contributed by atoms with Crippen LogP contribution < -0.4 is 5.32 Å². The Kier molecular flexibility index (Phi) is 5.58. The normalized spacial score (nSPS) is 22.9. The molecular formula is C15H26N2O2. The summed E-state index contributed by atoms with van der Waals surface area (Å²) in [5.74, 6) is 0.0692.